The van der Waals surface area contributed by atoms with Crippen molar-refractivity contribution in [3.63, 3.8) is 0 Å². The Balaban J connectivity index is 2.12. The van der Waals surface area contributed by atoms with E-state index in [1.807, 2.05) is 18.5 Å². The summed E-state index contributed by atoms with van der Waals surface area (Å²) in [7, 11) is 1.91. The largest absolute Gasteiger partial charge is 0.338 e. The Labute approximate surface area is 110 Å². The fourth-order valence-electron chi connectivity index (χ4n) is 1.29. The summed E-state index contributed by atoms with van der Waals surface area (Å²) in [5.74, 6) is 1.34. The summed E-state index contributed by atoms with van der Waals surface area (Å²) in [6.07, 6.45) is 1.67. The topological polar surface area (TPSA) is 69.6 Å². The molecule has 0 aromatic carbocycles. The van der Waals surface area contributed by atoms with E-state index in [1.54, 1.807) is 18.1 Å². The van der Waals surface area contributed by atoms with Crippen LogP contribution in [0.3, 0.4) is 0 Å². The molecule has 6 nitrogen and oxygen atoms in total. The van der Waals surface area contributed by atoms with Crippen molar-refractivity contribution in [2.75, 3.05) is 0 Å². The molecule has 2 aromatic heterocycles. The van der Waals surface area contributed by atoms with Crippen LogP contribution in [0.1, 0.15) is 44.7 Å². The minimum absolute atomic E-state index is 0.0523. The molecule has 0 saturated carbocycles. The molecule has 1 atom stereocenters. The van der Waals surface area contributed by atoms with E-state index >= 15 is 0 Å². The Morgan fingerprint density at radius 1 is 1.39 bits per heavy atom. The summed E-state index contributed by atoms with van der Waals surface area (Å²) in [4.78, 5) is 4.44. The average molecular weight is 267 g/mol. The quantitative estimate of drug-likeness (QED) is 0.795. The van der Waals surface area contributed by atoms with Gasteiger partial charge in [-0.05, 0) is 6.92 Å². The third-order valence-corrected chi connectivity index (χ3v) is 3.55. The van der Waals surface area contributed by atoms with Gasteiger partial charge in [0, 0.05) is 12.5 Å². The highest BCUT2D eigenvalue weighted by Gasteiger charge is 2.24. The van der Waals surface area contributed by atoms with Gasteiger partial charge >= 0.3 is 0 Å². The molecule has 0 fully saturated rings. The highest BCUT2D eigenvalue weighted by Crippen LogP contribution is 2.33. The van der Waals surface area contributed by atoms with Crippen LogP contribution in [0.4, 0.5) is 0 Å². The summed E-state index contributed by atoms with van der Waals surface area (Å²) >= 11 is 1.55. The third-order valence-electron chi connectivity index (χ3n) is 2.41. The van der Waals surface area contributed by atoms with Gasteiger partial charge in [-0.3, -0.25) is 0 Å². The molecule has 0 bridgehead atoms. The maximum absolute atomic E-state index is 5.30. The second kappa shape index (κ2) is 4.72. The lowest BCUT2D eigenvalue weighted by atomic mass is 9.96. The van der Waals surface area contributed by atoms with Gasteiger partial charge in [0.2, 0.25) is 5.89 Å². The number of aryl methyl sites for hydroxylation is 1. The van der Waals surface area contributed by atoms with Crippen LogP contribution >= 0.6 is 11.8 Å². The normalized spacial score (nSPS) is 13.8. The van der Waals surface area contributed by atoms with Gasteiger partial charge in [-0.15, -0.1) is 10.2 Å². The smallest absolute Gasteiger partial charge is 0.239 e. The number of hydrogen-bond acceptors (Lipinski definition) is 6. The zero-order chi connectivity index (χ0) is 13.3. The minimum atomic E-state index is -0.100. The van der Waals surface area contributed by atoms with Gasteiger partial charge in [0.05, 0.1) is 5.25 Å². The average Bonchev–Trinajstić information content (AvgIpc) is 2.87. The zero-order valence-corrected chi connectivity index (χ0v) is 12.0. The molecular weight excluding hydrogens is 250 g/mol. The summed E-state index contributed by atoms with van der Waals surface area (Å²) in [6, 6.07) is 0. The van der Waals surface area contributed by atoms with Crippen molar-refractivity contribution in [3.05, 3.63) is 18.0 Å². The van der Waals surface area contributed by atoms with Crippen molar-refractivity contribution in [1.29, 1.82) is 0 Å². The van der Waals surface area contributed by atoms with Gasteiger partial charge in [-0.2, -0.15) is 4.98 Å². The van der Waals surface area contributed by atoms with Crippen molar-refractivity contribution in [3.8, 4) is 0 Å². The first kappa shape index (κ1) is 13.1. The number of nitrogens with zero attached hydrogens (tertiary/aromatic N) is 5. The lowest BCUT2D eigenvalue weighted by Crippen LogP contribution is -2.13. The standard InChI is InChI=1S/C11H17N5OS/c1-7(18-10-14-12-6-16(10)5)8-13-9(15-17-8)11(2,3)4/h6-7H,1-5H3. The van der Waals surface area contributed by atoms with Crippen molar-refractivity contribution in [1.82, 2.24) is 24.9 Å². The SMILES string of the molecule is CC(Sc1nncn1C)c1nc(C(C)(C)C)no1. The number of thioether (sulfide) groups is 1. The second-order valence-corrected chi connectivity index (χ2v) is 6.50. The molecule has 0 aliphatic carbocycles. The molecule has 0 radical (unpaired) electrons. The zero-order valence-electron chi connectivity index (χ0n) is 11.2. The van der Waals surface area contributed by atoms with Crippen molar-refractivity contribution in [2.24, 2.45) is 7.05 Å². The Morgan fingerprint density at radius 2 is 2.11 bits per heavy atom. The molecule has 0 saturated heterocycles. The Bertz CT molecular complexity index is 528. The molecule has 98 valence electrons. The van der Waals surface area contributed by atoms with E-state index in [0.717, 1.165) is 11.0 Å². The maximum atomic E-state index is 5.30. The van der Waals surface area contributed by atoms with E-state index in [-0.39, 0.29) is 10.7 Å². The monoisotopic (exact) mass is 267 g/mol. The molecule has 0 spiro atoms. The summed E-state index contributed by atoms with van der Waals surface area (Å²) in [5.41, 5.74) is -0.100. The van der Waals surface area contributed by atoms with Crippen LogP contribution in [0.25, 0.3) is 0 Å². The van der Waals surface area contributed by atoms with Crippen LogP contribution in [0.2, 0.25) is 0 Å². The van der Waals surface area contributed by atoms with E-state index < -0.39 is 0 Å². The van der Waals surface area contributed by atoms with Crippen LogP contribution in [0, 0.1) is 0 Å². The first-order valence-electron chi connectivity index (χ1n) is 5.72. The minimum Gasteiger partial charge on any atom is -0.338 e. The predicted octanol–water partition coefficient (Wildman–Crippen LogP) is 2.35. The van der Waals surface area contributed by atoms with E-state index in [9.17, 15) is 0 Å². The lowest BCUT2D eigenvalue weighted by molar-refractivity contribution is 0.364. The van der Waals surface area contributed by atoms with Crippen LogP contribution < -0.4 is 0 Å². The van der Waals surface area contributed by atoms with Crippen LogP contribution in [-0.2, 0) is 12.5 Å². The Hall–Kier alpha value is -1.37. The molecule has 2 heterocycles. The van der Waals surface area contributed by atoms with E-state index in [0.29, 0.717) is 5.89 Å². The van der Waals surface area contributed by atoms with Crippen LogP contribution in [-0.4, -0.2) is 24.9 Å². The molecule has 2 aromatic rings. The van der Waals surface area contributed by atoms with Gasteiger partial charge in [0.15, 0.2) is 11.0 Å². The molecular formula is C11H17N5OS. The first-order valence-corrected chi connectivity index (χ1v) is 6.60. The fourth-order valence-corrected chi connectivity index (χ4v) is 2.11. The van der Waals surface area contributed by atoms with Gasteiger partial charge in [-0.25, -0.2) is 0 Å². The number of aromatic nitrogens is 5. The van der Waals surface area contributed by atoms with E-state index in [2.05, 4.69) is 41.1 Å². The van der Waals surface area contributed by atoms with Crippen LogP contribution in [0.15, 0.2) is 16.0 Å². The number of rotatable bonds is 3. The molecule has 0 amide bonds. The summed E-state index contributed by atoms with van der Waals surface area (Å²) in [5, 5.41) is 12.8. The molecule has 0 aliphatic heterocycles. The van der Waals surface area contributed by atoms with E-state index in [1.165, 1.54) is 0 Å². The Morgan fingerprint density at radius 3 is 2.61 bits per heavy atom. The van der Waals surface area contributed by atoms with Crippen molar-refractivity contribution >= 4 is 11.8 Å². The molecule has 0 aliphatic rings. The molecule has 7 heteroatoms. The summed E-state index contributed by atoms with van der Waals surface area (Å²) in [6.45, 7) is 8.19. The highest BCUT2D eigenvalue weighted by atomic mass is 32.2. The first-order chi connectivity index (χ1) is 8.38. The molecule has 1 unspecified atom stereocenters. The maximum Gasteiger partial charge on any atom is 0.239 e. The molecule has 18 heavy (non-hydrogen) atoms. The lowest BCUT2D eigenvalue weighted by Gasteiger charge is -2.11. The van der Waals surface area contributed by atoms with Gasteiger partial charge in [-0.1, -0.05) is 37.7 Å². The van der Waals surface area contributed by atoms with Crippen LogP contribution in [0.5, 0.6) is 0 Å². The Kier molecular flexibility index (Phi) is 3.43. The molecule has 2 rings (SSSR count). The van der Waals surface area contributed by atoms with E-state index in [4.69, 9.17) is 4.52 Å². The third kappa shape index (κ3) is 2.72. The second-order valence-electron chi connectivity index (χ2n) is 5.19. The van der Waals surface area contributed by atoms with Crippen molar-refractivity contribution in [2.45, 2.75) is 43.5 Å². The van der Waals surface area contributed by atoms with Gasteiger partial charge in [0.1, 0.15) is 6.33 Å². The van der Waals surface area contributed by atoms with Gasteiger partial charge < -0.3 is 9.09 Å². The predicted molar refractivity (Wildman–Crippen MR) is 68.3 cm³/mol. The summed E-state index contributed by atoms with van der Waals surface area (Å²) < 4.78 is 7.17. The fraction of sp³-hybridized carbons (Fsp3) is 0.636. The highest BCUT2D eigenvalue weighted by molar-refractivity contribution is 7.99. The van der Waals surface area contributed by atoms with Gasteiger partial charge in [0.25, 0.3) is 0 Å². The van der Waals surface area contributed by atoms with Crippen molar-refractivity contribution < 1.29 is 4.52 Å². The number of hydrogen-bond donors (Lipinski definition) is 0. The molecule has 0 N–H and O–H groups in total.